The average molecular weight is 451 g/mol. The van der Waals surface area contributed by atoms with E-state index in [1.807, 2.05) is 39.0 Å². The third-order valence-electron chi connectivity index (χ3n) is 4.79. The van der Waals surface area contributed by atoms with E-state index in [9.17, 15) is 14.4 Å². The molecule has 0 spiro atoms. The minimum absolute atomic E-state index is 0.0705. The molecule has 0 atom stereocenters. The summed E-state index contributed by atoms with van der Waals surface area (Å²) in [6, 6.07) is 14.3. The van der Waals surface area contributed by atoms with Crippen LogP contribution in [0.15, 0.2) is 48.5 Å². The normalized spacial score (nSPS) is 11.2. The second-order valence-corrected chi connectivity index (χ2v) is 8.80. The van der Waals surface area contributed by atoms with Gasteiger partial charge in [0.05, 0.1) is 11.0 Å². The third-order valence-corrected chi connectivity index (χ3v) is 4.79. The number of H-pyrrole nitrogens is 1. The highest BCUT2D eigenvalue weighted by Gasteiger charge is 2.15. The van der Waals surface area contributed by atoms with Gasteiger partial charge in [0.15, 0.2) is 5.78 Å². The topological polar surface area (TPSA) is 113 Å². The van der Waals surface area contributed by atoms with E-state index in [0.29, 0.717) is 47.5 Å². The molecule has 3 N–H and O–H groups in total. The van der Waals surface area contributed by atoms with Crippen molar-refractivity contribution in [1.82, 2.24) is 15.3 Å². The number of aromatic nitrogens is 2. The maximum absolute atomic E-state index is 12.6. The van der Waals surface area contributed by atoms with E-state index in [2.05, 4.69) is 20.6 Å². The van der Waals surface area contributed by atoms with Crippen molar-refractivity contribution in [3.8, 4) is 0 Å². The van der Waals surface area contributed by atoms with Gasteiger partial charge in [0, 0.05) is 24.1 Å². The monoisotopic (exact) mass is 450 g/mol. The molecule has 1 aromatic heterocycles. The number of unbranched alkanes of at least 4 members (excludes halogenated alkanes) is 2. The van der Waals surface area contributed by atoms with Crippen molar-refractivity contribution in [3.05, 3.63) is 59.7 Å². The lowest BCUT2D eigenvalue weighted by atomic mass is 10.0. The van der Waals surface area contributed by atoms with Crippen LogP contribution in [0.1, 0.15) is 62.4 Å². The number of anilines is 1. The lowest BCUT2D eigenvalue weighted by molar-refractivity contribution is -0.116. The predicted octanol–water partition coefficient (Wildman–Crippen LogP) is 4.82. The quantitative estimate of drug-likeness (QED) is 0.320. The molecule has 0 fully saturated rings. The molecule has 0 aliphatic rings. The van der Waals surface area contributed by atoms with Crippen LogP contribution in [0.4, 0.5) is 10.7 Å². The number of alkyl carbamates (subject to hydrolysis) is 1. The summed E-state index contributed by atoms with van der Waals surface area (Å²) in [5.41, 5.74) is 2.00. The number of amides is 2. The minimum Gasteiger partial charge on any atom is -0.444 e. The molecule has 8 nitrogen and oxygen atoms in total. The molecule has 8 heteroatoms. The summed E-state index contributed by atoms with van der Waals surface area (Å²) >= 11 is 0. The zero-order valence-electron chi connectivity index (χ0n) is 19.2. The molecular weight excluding hydrogens is 420 g/mol. The number of rotatable bonds is 9. The number of ether oxygens (including phenoxy) is 1. The molecule has 0 aliphatic heterocycles. The van der Waals surface area contributed by atoms with Gasteiger partial charge in [0.2, 0.25) is 11.9 Å². The number of ketones is 1. The molecular formula is C25H30N4O4. The summed E-state index contributed by atoms with van der Waals surface area (Å²) in [6.45, 7) is 5.95. The van der Waals surface area contributed by atoms with Crippen molar-refractivity contribution < 1.29 is 19.1 Å². The van der Waals surface area contributed by atoms with Gasteiger partial charge in [-0.05, 0) is 51.8 Å². The summed E-state index contributed by atoms with van der Waals surface area (Å²) in [5, 5.41) is 5.47. The smallest absolute Gasteiger partial charge is 0.407 e. The highest BCUT2D eigenvalue weighted by molar-refractivity contribution is 6.10. The second-order valence-electron chi connectivity index (χ2n) is 8.80. The maximum Gasteiger partial charge on any atom is 0.407 e. The highest BCUT2D eigenvalue weighted by atomic mass is 16.6. The first kappa shape index (κ1) is 24.0. The fraction of sp³-hybridized carbons (Fsp3) is 0.360. The summed E-state index contributed by atoms with van der Waals surface area (Å²) in [6.07, 6.45) is 2.17. The van der Waals surface area contributed by atoms with Crippen LogP contribution in [0.3, 0.4) is 0 Å². The van der Waals surface area contributed by atoms with E-state index in [1.165, 1.54) is 0 Å². The van der Waals surface area contributed by atoms with Crippen molar-refractivity contribution >= 4 is 34.8 Å². The SMILES string of the molecule is CC(C)(C)OC(=O)NCCCCCC(=O)Nc1nc2ccc(C(=O)c3ccccc3)cc2[nH]1. The van der Waals surface area contributed by atoms with E-state index >= 15 is 0 Å². The number of hydrogen-bond donors (Lipinski definition) is 3. The molecule has 3 aromatic rings. The molecule has 0 radical (unpaired) electrons. The first-order valence-corrected chi connectivity index (χ1v) is 11.1. The Balaban J connectivity index is 1.43. The fourth-order valence-corrected chi connectivity index (χ4v) is 3.25. The van der Waals surface area contributed by atoms with Crippen LogP contribution in [0, 0.1) is 0 Å². The molecule has 174 valence electrons. The van der Waals surface area contributed by atoms with Crippen LogP contribution in [0.25, 0.3) is 11.0 Å². The number of hydrogen-bond acceptors (Lipinski definition) is 5. The molecule has 0 unspecified atom stereocenters. The van der Waals surface area contributed by atoms with E-state index in [0.717, 1.165) is 12.8 Å². The zero-order valence-corrected chi connectivity index (χ0v) is 19.2. The van der Waals surface area contributed by atoms with Gasteiger partial charge < -0.3 is 15.0 Å². The highest BCUT2D eigenvalue weighted by Crippen LogP contribution is 2.19. The van der Waals surface area contributed by atoms with E-state index < -0.39 is 11.7 Å². The molecule has 0 saturated heterocycles. The van der Waals surface area contributed by atoms with E-state index in [1.54, 1.807) is 30.3 Å². The summed E-state index contributed by atoms with van der Waals surface area (Å²) in [7, 11) is 0. The first-order valence-electron chi connectivity index (χ1n) is 11.1. The van der Waals surface area contributed by atoms with Crippen molar-refractivity contribution in [2.75, 3.05) is 11.9 Å². The van der Waals surface area contributed by atoms with Crippen LogP contribution in [-0.4, -0.2) is 39.9 Å². The Hall–Kier alpha value is -3.68. The van der Waals surface area contributed by atoms with E-state index in [-0.39, 0.29) is 11.7 Å². The Morgan fingerprint density at radius 2 is 1.73 bits per heavy atom. The van der Waals surface area contributed by atoms with Crippen molar-refractivity contribution in [3.63, 3.8) is 0 Å². The number of benzene rings is 2. The molecule has 2 aromatic carbocycles. The minimum atomic E-state index is -0.516. The molecule has 0 saturated carbocycles. The standard InChI is InChI=1S/C25H30N4O4/c1-25(2,3)33-24(32)26-15-9-5-8-12-21(30)29-23-27-19-14-13-18(16-20(19)28-23)22(31)17-10-6-4-7-11-17/h4,6-7,10-11,13-14,16H,5,8-9,12,15H2,1-3H3,(H,26,32)(H2,27,28,29,30). The average Bonchev–Trinajstić information content (AvgIpc) is 3.16. The number of carbonyl (C=O) groups is 3. The second kappa shape index (κ2) is 10.8. The Kier molecular flexibility index (Phi) is 7.82. The maximum atomic E-state index is 12.6. The van der Waals surface area contributed by atoms with Crippen molar-refractivity contribution in [1.29, 1.82) is 0 Å². The van der Waals surface area contributed by atoms with Crippen molar-refractivity contribution in [2.45, 2.75) is 52.1 Å². The summed E-state index contributed by atoms with van der Waals surface area (Å²) in [5.74, 6) is 0.138. The number of imidazole rings is 1. The van der Waals surface area contributed by atoms with Gasteiger partial charge in [-0.1, -0.05) is 36.8 Å². The van der Waals surface area contributed by atoms with Crippen LogP contribution < -0.4 is 10.6 Å². The van der Waals surface area contributed by atoms with Gasteiger partial charge in [0.25, 0.3) is 0 Å². The Labute approximate surface area is 193 Å². The van der Waals surface area contributed by atoms with Gasteiger partial charge in [-0.25, -0.2) is 9.78 Å². The van der Waals surface area contributed by atoms with Gasteiger partial charge in [-0.2, -0.15) is 0 Å². The van der Waals surface area contributed by atoms with Crippen LogP contribution >= 0.6 is 0 Å². The van der Waals surface area contributed by atoms with Crippen LogP contribution in [0.5, 0.6) is 0 Å². The number of aromatic amines is 1. The molecule has 0 aliphatic carbocycles. The molecule has 1 heterocycles. The lowest BCUT2D eigenvalue weighted by Gasteiger charge is -2.19. The Bertz CT molecular complexity index is 1120. The summed E-state index contributed by atoms with van der Waals surface area (Å²) < 4.78 is 5.17. The fourth-order valence-electron chi connectivity index (χ4n) is 3.25. The third kappa shape index (κ3) is 7.45. The number of nitrogens with zero attached hydrogens (tertiary/aromatic N) is 1. The number of fused-ring (bicyclic) bond motifs is 1. The molecule has 33 heavy (non-hydrogen) atoms. The van der Waals surface area contributed by atoms with Crippen LogP contribution in [0.2, 0.25) is 0 Å². The predicted molar refractivity (Wildman–Crippen MR) is 127 cm³/mol. The van der Waals surface area contributed by atoms with Gasteiger partial charge in [-0.3, -0.25) is 14.9 Å². The molecule has 3 rings (SSSR count). The van der Waals surface area contributed by atoms with E-state index in [4.69, 9.17) is 4.74 Å². The first-order chi connectivity index (χ1) is 15.7. The zero-order chi connectivity index (χ0) is 23.8. The Morgan fingerprint density at radius 1 is 0.970 bits per heavy atom. The molecule has 2 amide bonds. The van der Waals surface area contributed by atoms with Crippen molar-refractivity contribution in [2.24, 2.45) is 0 Å². The van der Waals surface area contributed by atoms with Gasteiger partial charge >= 0.3 is 6.09 Å². The largest absolute Gasteiger partial charge is 0.444 e. The van der Waals surface area contributed by atoms with Gasteiger partial charge in [-0.15, -0.1) is 0 Å². The number of carbonyl (C=O) groups excluding carboxylic acids is 3. The van der Waals surface area contributed by atoms with Gasteiger partial charge in [0.1, 0.15) is 5.60 Å². The molecule has 0 bridgehead atoms. The van der Waals surface area contributed by atoms with Crippen LogP contribution in [-0.2, 0) is 9.53 Å². The lowest BCUT2D eigenvalue weighted by Crippen LogP contribution is -2.33. The Morgan fingerprint density at radius 3 is 2.45 bits per heavy atom. The number of nitrogens with one attached hydrogen (secondary N) is 3. The summed E-state index contributed by atoms with van der Waals surface area (Å²) in [4.78, 5) is 43.9.